The van der Waals surface area contributed by atoms with Gasteiger partial charge in [0, 0.05) is 23.4 Å². The summed E-state index contributed by atoms with van der Waals surface area (Å²) < 4.78 is 11.8. The molecule has 0 aromatic heterocycles. The number of carbonyl (C=O) groups is 1. The molecule has 6 heteroatoms. The molecule has 0 radical (unpaired) electrons. The quantitative estimate of drug-likeness (QED) is 0.786. The largest absolute Gasteiger partial charge is 0.454 e. The molecular weight excluding hydrogens is 372 g/mol. The smallest absolute Gasteiger partial charge is 0.240 e. The van der Waals surface area contributed by atoms with E-state index in [1.54, 1.807) is 5.01 Å². The van der Waals surface area contributed by atoms with Crippen LogP contribution in [-0.4, -0.2) is 23.4 Å². The summed E-state index contributed by atoms with van der Waals surface area (Å²) >= 11 is 3.49. The molecule has 24 heavy (non-hydrogen) atoms. The summed E-state index contributed by atoms with van der Waals surface area (Å²) in [6.07, 6.45) is 0.662. The van der Waals surface area contributed by atoms with Gasteiger partial charge in [-0.15, -0.1) is 0 Å². The van der Waals surface area contributed by atoms with E-state index >= 15 is 0 Å². The van der Waals surface area contributed by atoms with Gasteiger partial charge in [0.15, 0.2) is 11.5 Å². The average Bonchev–Trinajstić information content (AvgIpc) is 3.21. The number of hydrogen-bond donors (Lipinski definition) is 0. The van der Waals surface area contributed by atoms with Crippen molar-refractivity contribution < 1.29 is 14.3 Å². The van der Waals surface area contributed by atoms with Crippen molar-refractivity contribution in [1.82, 2.24) is 5.01 Å². The van der Waals surface area contributed by atoms with Crippen molar-refractivity contribution in [2.24, 2.45) is 5.10 Å². The number of fused-ring (bicyclic) bond motifs is 1. The van der Waals surface area contributed by atoms with Crippen molar-refractivity contribution in [3.8, 4) is 11.5 Å². The lowest BCUT2D eigenvalue weighted by atomic mass is 9.98. The Balaban J connectivity index is 1.68. The molecule has 5 nitrogen and oxygen atoms in total. The first-order valence-electron chi connectivity index (χ1n) is 7.64. The van der Waals surface area contributed by atoms with Crippen LogP contribution >= 0.6 is 15.9 Å². The van der Waals surface area contributed by atoms with Crippen LogP contribution in [0.3, 0.4) is 0 Å². The molecule has 0 aliphatic carbocycles. The zero-order chi connectivity index (χ0) is 16.7. The third-order valence-electron chi connectivity index (χ3n) is 4.17. The Labute approximate surface area is 148 Å². The molecule has 0 fully saturated rings. The fourth-order valence-electron chi connectivity index (χ4n) is 3.02. The first-order valence-corrected chi connectivity index (χ1v) is 8.44. The van der Waals surface area contributed by atoms with Gasteiger partial charge in [-0.05, 0) is 35.9 Å². The van der Waals surface area contributed by atoms with Gasteiger partial charge in [0.1, 0.15) is 0 Å². The lowest BCUT2D eigenvalue weighted by Crippen LogP contribution is -2.24. The van der Waals surface area contributed by atoms with Gasteiger partial charge in [-0.25, -0.2) is 5.01 Å². The fraction of sp³-hybridized carbons (Fsp3) is 0.222. The molecule has 0 bridgehead atoms. The lowest BCUT2D eigenvalue weighted by Gasteiger charge is -2.20. The third-order valence-corrected chi connectivity index (χ3v) is 4.67. The van der Waals surface area contributed by atoms with Crippen LogP contribution in [0.15, 0.2) is 52.0 Å². The van der Waals surface area contributed by atoms with Gasteiger partial charge < -0.3 is 9.47 Å². The van der Waals surface area contributed by atoms with Gasteiger partial charge in [-0.3, -0.25) is 4.79 Å². The van der Waals surface area contributed by atoms with Gasteiger partial charge in [-0.1, -0.05) is 28.1 Å². The van der Waals surface area contributed by atoms with Gasteiger partial charge >= 0.3 is 0 Å². The molecule has 0 saturated heterocycles. The van der Waals surface area contributed by atoms with Crippen molar-refractivity contribution >= 4 is 27.5 Å². The van der Waals surface area contributed by atoms with E-state index in [0.29, 0.717) is 6.42 Å². The molecule has 0 N–H and O–H groups in total. The van der Waals surface area contributed by atoms with Gasteiger partial charge in [0.2, 0.25) is 12.7 Å². The highest BCUT2D eigenvalue weighted by atomic mass is 79.9. The SMILES string of the molecule is CC(=O)N1N=C(c2ccc3c(c2)OCO3)CC1c1cccc(Br)c1. The number of amides is 1. The molecule has 2 aliphatic heterocycles. The maximum Gasteiger partial charge on any atom is 0.240 e. The molecule has 2 aliphatic rings. The third kappa shape index (κ3) is 2.67. The predicted octanol–water partition coefficient (Wildman–Crippen LogP) is 3.88. The number of ether oxygens (including phenoxy) is 2. The van der Waals surface area contributed by atoms with Crippen LogP contribution in [-0.2, 0) is 4.79 Å². The first-order chi connectivity index (χ1) is 11.6. The molecule has 2 aromatic carbocycles. The number of carbonyl (C=O) groups excluding carboxylic acids is 1. The van der Waals surface area contributed by atoms with Crippen LogP contribution in [0.1, 0.15) is 30.5 Å². The molecule has 2 aromatic rings. The summed E-state index contributed by atoms with van der Waals surface area (Å²) in [5, 5.41) is 6.12. The van der Waals surface area contributed by atoms with E-state index in [0.717, 1.165) is 32.8 Å². The summed E-state index contributed by atoms with van der Waals surface area (Å²) in [5.41, 5.74) is 2.87. The monoisotopic (exact) mass is 386 g/mol. The standard InChI is InChI=1S/C18H15BrN2O3/c1-11(22)21-16(13-3-2-4-14(19)7-13)9-15(20-21)12-5-6-17-18(8-12)24-10-23-17/h2-8,16H,9-10H2,1H3. The van der Waals surface area contributed by atoms with Gasteiger partial charge in [-0.2, -0.15) is 5.10 Å². The topological polar surface area (TPSA) is 51.1 Å². The number of rotatable bonds is 2. The van der Waals surface area contributed by atoms with Crippen LogP contribution in [0.4, 0.5) is 0 Å². The van der Waals surface area contributed by atoms with E-state index < -0.39 is 0 Å². The molecular formula is C18H15BrN2O3. The number of hydrogen-bond acceptors (Lipinski definition) is 4. The second-order valence-electron chi connectivity index (χ2n) is 5.75. The Morgan fingerprint density at radius 1 is 1.21 bits per heavy atom. The van der Waals surface area contributed by atoms with E-state index in [4.69, 9.17) is 9.47 Å². The lowest BCUT2D eigenvalue weighted by molar-refractivity contribution is -0.130. The van der Waals surface area contributed by atoms with Crippen LogP contribution in [0.5, 0.6) is 11.5 Å². The summed E-state index contributed by atoms with van der Waals surface area (Å²) in [4.78, 5) is 12.0. The molecule has 0 spiro atoms. The fourth-order valence-corrected chi connectivity index (χ4v) is 3.44. The molecule has 122 valence electrons. The summed E-state index contributed by atoms with van der Waals surface area (Å²) in [5.74, 6) is 1.38. The number of halogens is 1. The molecule has 1 unspecified atom stereocenters. The van der Waals surface area contributed by atoms with Gasteiger partial charge in [0.25, 0.3) is 0 Å². The molecule has 1 amide bonds. The van der Waals surface area contributed by atoms with E-state index in [2.05, 4.69) is 21.0 Å². The van der Waals surface area contributed by atoms with Crippen molar-refractivity contribution in [3.63, 3.8) is 0 Å². The Morgan fingerprint density at radius 2 is 2.04 bits per heavy atom. The van der Waals surface area contributed by atoms with Gasteiger partial charge in [0.05, 0.1) is 11.8 Å². The first kappa shape index (κ1) is 15.2. The molecule has 4 rings (SSSR count). The Hall–Kier alpha value is -2.34. The zero-order valence-electron chi connectivity index (χ0n) is 13.0. The Bertz CT molecular complexity index is 850. The molecule has 1 atom stereocenters. The highest BCUT2D eigenvalue weighted by Gasteiger charge is 2.32. The molecule has 2 heterocycles. The Kier molecular flexibility index (Phi) is 3.76. The maximum atomic E-state index is 12.0. The average molecular weight is 387 g/mol. The summed E-state index contributed by atoms with van der Waals surface area (Å²) in [7, 11) is 0. The highest BCUT2D eigenvalue weighted by molar-refractivity contribution is 9.10. The van der Waals surface area contributed by atoms with Crippen LogP contribution < -0.4 is 9.47 Å². The second kappa shape index (κ2) is 5.94. The maximum absolute atomic E-state index is 12.0. The van der Waals surface area contributed by atoms with E-state index in [9.17, 15) is 4.79 Å². The van der Waals surface area contributed by atoms with Crippen LogP contribution in [0.2, 0.25) is 0 Å². The van der Waals surface area contributed by atoms with E-state index in [-0.39, 0.29) is 18.7 Å². The zero-order valence-corrected chi connectivity index (χ0v) is 14.6. The predicted molar refractivity (Wildman–Crippen MR) is 93.1 cm³/mol. The molecule has 0 saturated carbocycles. The number of nitrogens with zero attached hydrogens (tertiary/aromatic N) is 2. The second-order valence-corrected chi connectivity index (χ2v) is 6.67. The van der Waals surface area contributed by atoms with Crippen LogP contribution in [0, 0.1) is 0 Å². The normalized spacial score (nSPS) is 18.7. The minimum absolute atomic E-state index is 0.0734. The highest BCUT2D eigenvalue weighted by Crippen LogP contribution is 2.37. The van der Waals surface area contributed by atoms with Crippen molar-refractivity contribution in [3.05, 3.63) is 58.1 Å². The summed E-state index contributed by atoms with van der Waals surface area (Å²) in [6.45, 7) is 1.78. The minimum atomic E-state index is -0.0968. The minimum Gasteiger partial charge on any atom is -0.454 e. The van der Waals surface area contributed by atoms with Crippen molar-refractivity contribution in [1.29, 1.82) is 0 Å². The Morgan fingerprint density at radius 3 is 2.83 bits per heavy atom. The van der Waals surface area contributed by atoms with E-state index in [1.807, 2.05) is 42.5 Å². The number of benzene rings is 2. The van der Waals surface area contributed by atoms with Crippen molar-refractivity contribution in [2.45, 2.75) is 19.4 Å². The summed E-state index contributed by atoms with van der Waals surface area (Å²) in [6, 6.07) is 13.6. The van der Waals surface area contributed by atoms with Crippen LogP contribution in [0.25, 0.3) is 0 Å². The van der Waals surface area contributed by atoms with Crippen molar-refractivity contribution in [2.75, 3.05) is 6.79 Å². The number of hydrazone groups is 1. The van der Waals surface area contributed by atoms with E-state index in [1.165, 1.54) is 6.92 Å².